The van der Waals surface area contributed by atoms with E-state index in [2.05, 4.69) is 6.58 Å². The summed E-state index contributed by atoms with van der Waals surface area (Å²) in [5.41, 5.74) is -0.587. The minimum Gasteiger partial charge on any atom is -0.425 e. The topological polar surface area (TPSA) is 105 Å². The van der Waals surface area contributed by atoms with E-state index in [0.29, 0.717) is 12.8 Å². The van der Waals surface area contributed by atoms with Crippen LogP contribution in [0.4, 0.5) is 0 Å². The van der Waals surface area contributed by atoms with Gasteiger partial charge in [0.15, 0.2) is 0 Å². The van der Waals surface area contributed by atoms with Crippen LogP contribution < -0.4 is 0 Å². The molecule has 0 aromatic heterocycles. The van der Waals surface area contributed by atoms with Crippen LogP contribution in [0.3, 0.4) is 0 Å². The van der Waals surface area contributed by atoms with Gasteiger partial charge in [-0.2, -0.15) is 0 Å². The molecule has 0 saturated heterocycles. The summed E-state index contributed by atoms with van der Waals surface area (Å²) in [7, 11) is 0. The molecule has 0 radical (unpaired) electrons. The molecule has 0 spiro atoms. The fraction of sp³-hybridized carbons (Fsp3) is 0.625. The maximum atomic E-state index is 11.9. The second-order valence-electron chi connectivity index (χ2n) is 4.94. The van der Waals surface area contributed by atoms with E-state index >= 15 is 0 Å². The Bertz CT molecular complexity index is 440. The minimum absolute atomic E-state index is 0.277. The van der Waals surface area contributed by atoms with Gasteiger partial charge >= 0.3 is 23.9 Å². The lowest BCUT2D eigenvalue weighted by atomic mass is 10.3. The third kappa shape index (κ3) is 8.92. The number of esters is 4. The first-order valence-electron chi connectivity index (χ1n) is 7.66. The van der Waals surface area contributed by atoms with Gasteiger partial charge in [-0.05, 0) is 12.8 Å². The molecule has 0 aliphatic rings. The van der Waals surface area contributed by atoms with E-state index in [-0.39, 0.29) is 12.8 Å². The molecule has 0 aromatic rings. The summed E-state index contributed by atoms with van der Waals surface area (Å²) in [6.45, 7) is 9.27. The Morgan fingerprint density at radius 1 is 0.750 bits per heavy atom. The molecule has 0 bridgehead atoms. The third-order valence-electron chi connectivity index (χ3n) is 2.61. The third-order valence-corrected chi connectivity index (χ3v) is 2.61. The number of hydrogen-bond acceptors (Lipinski definition) is 8. The van der Waals surface area contributed by atoms with Crippen LogP contribution >= 0.6 is 0 Å². The van der Waals surface area contributed by atoms with Gasteiger partial charge in [-0.15, -0.1) is 0 Å². The normalized spacial score (nSPS) is 12.5. The van der Waals surface area contributed by atoms with Crippen molar-refractivity contribution in [2.45, 2.75) is 66.0 Å². The van der Waals surface area contributed by atoms with E-state index in [1.165, 1.54) is 13.8 Å². The second kappa shape index (κ2) is 11.2. The second-order valence-corrected chi connectivity index (χ2v) is 4.94. The average molecular weight is 344 g/mol. The SMILES string of the molecule is C=C(C(=O)OC(CCC)OC(C)=O)C(=O)OC(CCC)OC(C)=O. The highest BCUT2D eigenvalue weighted by molar-refractivity contribution is 6.13. The fourth-order valence-electron chi connectivity index (χ4n) is 1.59. The standard InChI is InChI=1S/C16H24O8/c1-6-8-13(21-11(4)17)23-15(19)10(3)16(20)24-14(9-7-2)22-12(5)18/h13-14H,3,6-9H2,1-2,4-5H3. The molecule has 0 aromatic carbocycles. The van der Waals surface area contributed by atoms with Gasteiger partial charge < -0.3 is 18.9 Å². The first-order valence-corrected chi connectivity index (χ1v) is 7.66. The van der Waals surface area contributed by atoms with Gasteiger partial charge in [-0.25, -0.2) is 9.59 Å². The molecule has 0 aliphatic heterocycles. The Labute approximate surface area is 141 Å². The largest absolute Gasteiger partial charge is 0.425 e. The van der Waals surface area contributed by atoms with Gasteiger partial charge in [0.1, 0.15) is 5.57 Å². The van der Waals surface area contributed by atoms with Gasteiger partial charge in [0.2, 0.25) is 12.6 Å². The molecule has 0 heterocycles. The predicted molar refractivity (Wildman–Crippen MR) is 82.2 cm³/mol. The van der Waals surface area contributed by atoms with Crippen LogP contribution in [-0.4, -0.2) is 36.5 Å². The Morgan fingerprint density at radius 2 is 1.08 bits per heavy atom. The number of rotatable bonds is 10. The Kier molecular flexibility index (Phi) is 10.1. The molecule has 2 unspecified atom stereocenters. The van der Waals surface area contributed by atoms with Crippen molar-refractivity contribution in [1.82, 2.24) is 0 Å². The van der Waals surface area contributed by atoms with Crippen molar-refractivity contribution >= 4 is 23.9 Å². The van der Waals surface area contributed by atoms with Gasteiger partial charge in [-0.3, -0.25) is 9.59 Å². The number of carbonyl (C=O) groups excluding carboxylic acids is 4. The lowest BCUT2D eigenvalue weighted by Crippen LogP contribution is -2.29. The lowest BCUT2D eigenvalue weighted by molar-refractivity contribution is -0.188. The summed E-state index contributed by atoms with van der Waals surface area (Å²) in [6, 6.07) is 0. The summed E-state index contributed by atoms with van der Waals surface area (Å²) in [5.74, 6) is -3.38. The van der Waals surface area contributed by atoms with E-state index in [9.17, 15) is 19.2 Å². The molecular weight excluding hydrogens is 320 g/mol. The van der Waals surface area contributed by atoms with Crippen LogP contribution in [0, 0.1) is 0 Å². The van der Waals surface area contributed by atoms with E-state index in [0.717, 1.165) is 0 Å². The lowest BCUT2D eigenvalue weighted by Gasteiger charge is -2.19. The summed E-state index contributed by atoms with van der Waals surface area (Å²) < 4.78 is 19.5. The molecule has 0 aliphatic carbocycles. The molecule has 2 atom stereocenters. The van der Waals surface area contributed by atoms with E-state index < -0.39 is 42.0 Å². The zero-order valence-corrected chi connectivity index (χ0v) is 14.5. The van der Waals surface area contributed by atoms with Crippen LogP contribution in [0.15, 0.2) is 12.2 Å². The zero-order valence-electron chi connectivity index (χ0n) is 14.5. The highest BCUT2D eigenvalue weighted by atomic mass is 16.7. The van der Waals surface area contributed by atoms with Crippen LogP contribution in [-0.2, 0) is 38.1 Å². The smallest absolute Gasteiger partial charge is 0.348 e. The van der Waals surface area contributed by atoms with Crippen molar-refractivity contribution in [2.75, 3.05) is 0 Å². The molecule has 0 N–H and O–H groups in total. The number of ether oxygens (including phenoxy) is 4. The van der Waals surface area contributed by atoms with Crippen molar-refractivity contribution in [1.29, 1.82) is 0 Å². The van der Waals surface area contributed by atoms with Gasteiger partial charge in [0, 0.05) is 26.7 Å². The van der Waals surface area contributed by atoms with Gasteiger partial charge in [-0.1, -0.05) is 20.4 Å². The monoisotopic (exact) mass is 344 g/mol. The van der Waals surface area contributed by atoms with Crippen molar-refractivity contribution in [3.8, 4) is 0 Å². The zero-order chi connectivity index (χ0) is 18.7. The van der Waals surface area contributed by atoms with Gasteiger partial charge in [0.25, 0.3) is 0 Å². The van der Waals surface area contributed by atoms with Crippen LogP contribution in [0.2, 0.25) is 0 Å². The molecule has 24 heavy (non-hydrogen) atoms. The quantitative estimate of drug-likeness (QED) is 0.195. The molecule has 0 rings (SSSR count). The highest BCUT2D eigenvalue weighted by Gasteiger charge is 2.26. The molecule has 8 nitrogen and oxygen atoms in total. The maximum Gasteiger partial charge on any atom is 0.348 e. The fourth-order valence-corrected chi connectivity index (χ4v) is 1.59. The Morgan fingerprint density at radius 3 is 1.33 bits per heavy atom. The molecule has 8 heteroatoms. The van der Waals surface area contributed by atoms with E-state index in [1.807, 2.05) is 13.8 Å². The molecule has 0 amide bonds. The maximum absolute atomic E-state index is 11.9. The summed E-state index contributed by atoms with van der Waals surface area (Å²) in [4.78, 5) is 45.7. The molecule has 0 saturated carbocycles. The van der Waals surface area contributed by atoms with E-state index in [4.69, 9.17) is 18.9 Å². The van der Waals surface area contributed by atoms with Crippen LogP contribution in [0.1, 0.15) is 53.4 Å². The number of carbonyl (C=O) groups is 4. The first kappa shape index (κ1) is 21.6. The van der Waals surface area contributed by atoms with Crippen molar-refractivity contribution < 1.29 is 38.1 Å². The molecule has 0 fully saturated rings. The first-order chi connectivity index (χ1) is 11.2. The van der Waals surface area contributed by atoms with Crippen molar-refractivity contribution in [3.05, 3.63) is 12.2 Å². The highest BCUT2D eigenvalue weighted by Crippen LogP contribution is 2.12. The Hall–Kier alpha value is -2.38. The molecular formula is C16H24O8. The van der Waals surface area contributed by atoms with Crippen molar-refractivity contribution in [2.24, 2.45) is 0 Å². The van der Waals surface area contributed by atoms with Crippen LogP contribution in [0.5, 0.6) is 0 Å². The Balaban J connectivity index is 4.72. The average Bonchev–Trinajstić information content (AvgIpc) is 2.45. The number of hydrogen-bond donors (Lipinski definition) is 0. The van der Waals surface area contributed by atoms with E-state index in [1.54, 1.807) is 0 Å². The summed E-state index contributed by atoms with van der Waals surface area (Å²) in [5, 5.41) is 0. The van der Waals surface area contributed by atoms with Gasteiger partial charge in [0.05, 0.1) is 0 Å². The minimum atomic E-state index is -1.11. The predicted octanol–water partition coefficient (Wildman–Crippen LogP) is 2.01. The summed E-state index contributed by atoms with van der Waals surface area (Å²) in [6.07, 6.45) is -0.478. The molecule has 136 valence electrons. The van der Waals surface area contributed by atoms with Crippen LogP contribution in [0.25, 0.3) is 0 Å². The summed E-state index contributed by atoms with van der Waals surface area (Å²) >= 11 is 0. The van der Waals surface area contributed by atoms with Crippen molar-refractivity contribution in [3.63, 3.8) is 0 Å².